The number of benzene rings is 5. The molecule has 0 fully saturated rings. The molecule has 0 amide bonds. The van der Waals surface area contributed by atoms with Crippen LogP contribution in [0.5, 0.6) is 0 Å². The van der Waals surface area contributed by atoms with Crippen molar-refractivity contribution >= 4 is 10.8 Å². The summed E-state index contributed by atoms with van der Waals surface area (Å²) < 4.78 is 0. The van der Waals surface area contributed by atoms with Gasteiger partial charge >= 0.3 is 0 Å². The Kier molecular flexibility index (Phi) is 8.03. The molecular formula is C51H30N6. The average molecular weight is 727 g/mol. The van der Waals surface area contributed by atoms with E-state index in [1.807, 2.05) is 24.5 Å². The first kappa shape index (κ1) is 33.5. The number of nitriles is 2. The lowest BCUT2D eigenvalue weighted by molar-refractivity contribution is 0.769. The summed E-state index contributed by atoms with van der Waals surface area (Å²) in [5, 5.41) is 21.2. The Balaban J connectivity index is 1.20. The molecule has 0 aliphatic heterocycles. The molecule has 0 spiro atoms. The molecule has 6 nitrogen and oxygen atoms in total. The molecule has 1 aliphatic carbocycles. The number of hydrogen-bond donors (Lipinski definition) is 0. The maximum atomic E-state index is 9.48. The van der Waals surface area contributed by atoms with Crippen molar-refractivity contribution in [1.29, 1.82) is 10.5 Å². The highest BCUT2D eigenvalue weighted by molar-refractivity contribution is 6.10. The van der Waals surface area contributed by atoms with Crippen LogP contribution in [0.3, 0.4) is 0 Å². The molecule has 0 saturated carbocycles. The molecule has 0 unspecified atom stereocenters. The summed E-state index contributed by atoms with van der Waals surface area (Å²) in [5.74, 6) is 0. The fourth-order valence-electron chi connectivity index (χ4n) is 8.46. The molecule has 0 saturated heterocycles. The highest BCUT2D eigenvalue weighted by Crippen LogP contribution is 2.59. The van der Waals surface area contributed by atoms with Crippen molar-refractivity contribution in [3.05, 3.63) is 216 Å². The van der Waals surface area contributed by atoms with Crippen molar-refractivity contribution in [3.63, 3.8) is 0 Å². The first-order valence-corrected chi connectivity index (χ1v) is 18.6. The van der Waals surface area contributed by atoms with E-state index in [2.05, 4.69) is 143 Å². The van der Waals surface area contributed by atoms with Crippen molar-refractivity contribution < 1.29 is 0 Å². The standard InChI is InChI=1S/C51H30N6/c52-29-33-21-23-54-48(25-33)46-19-16-36(31-56-46)35-15-18-42-44(27-35)51(38-9-3-1-4-10-38,39-11-5-2-6-12-39)45-28-43(40-13-7-8-14-41(40)50(42)45)37-17-20-47(57-32-37)49-26-34(30-53)22-24-55-49/h1-28,31-32H. The zero-order chi connectivity index (χ0) is 38.3. The van der Waals surface area contributed by atoms with Crippen molar-refractivity contribution in [2.45, 2.75) is 5.41 Å². The molecule has 1 aliphatic rings. The molecule has 6 heteroatoms. The SMILES string of the molecule is N#Cc1ccnc(-c2ccc(-c3ccc4c(c3)C(c3ccccc3)(c3ccccc3)c3cc(-c5ccc(-c6cc(C#N)ccn6)nc5)c5ccccc5c3-4)cn2)c1. The lowest BCUT2D eigenvalue weighted by Gasteiger charge is -2.34. The van der Waals surface area contributed by atoms with Gasteiger partial charge in [0.05, 0.1) is 51.5 Å². The fraction of sp³-hybridized carbons (Fsp3) is 0.0196. The molecule has 0 N–H and O–H groups in total. The summed E-state index contributed by atoms with van der Waals surface area (Å²) in [6, 6.07) is 58.9. The van der Waals surface area contributed by atoms with Gasteiger partial charge in [0.25, 0.3) is 0 Å². The van der Waals surface area contributed by atoms with Crippen LogP contribution in [0.4, 0.5) is 0 Å². The number of aromatic nitrogens is 4. The van der Waals surface area contributed by atoms with E-state index < -0.39 is 5.41 Å². The first-order chi connectivity index (χ1) is 28.1. The van der Waals surface area contributed by atoms with E-state index in [0.717, 1.165) is 27.6 Å². The average Bonchev–Trinajstić information content (AvgIpc) is 3.60. The van der Waals surface area contributed by atoms with E-state index in [9.17, 15) is 10.5 Å². The van der Waals surface area contributed by atoms with Gasteiger partial charge in [0, 0.05) is 35.9 Å². The van der Waals surface area contributed by atoms with Crippen LogP contribution in [0.1, 0.15) is 33.4 Å². The molecule has 4 aromatic heterocycles. The monoisotopic (exact) mass is 726 g/mol. The molecule has 0 atom stereocenters. The Bertz CT molecular complexity index is 3030. The molecule has 4 heterocycles. The summed E-state index contributed by atoms with van der Waals surface area (Å²) in [7, 11) is 0. The van der Waals surface area contributed by atoms with Gasteiger partial charge in [-0.1, -0.05) is 109 Å². The van der Waals surface area contributed by atoms with Crippen molar-refractivity contribution in [3.8, 4) is 68.3 Å². The van der Waals surface area contributed by atoms with Crippen LogP contribution in [0.2, 0.25) is 0 Å². The molecule has 0 radical (unpaired) electrons. The summed E-state index contributed by atoms with van der Waals surface area (Å²) in [6.45, 7) is 0. The summed E-state index contributed by atoms with van der Waals surface area (Å²) in [5.41, 5.74) is 14.4. The molecule has 9 aromatic rings. The topological polar surface area (TPSA) is 99.1 Å². The van der Waals surface area contributed by atoms with Crippen molar-refractivity contribution in [2.75, 3.05) is 0 Å². The summed E-state index contributed by atoms with van der Waals surface area (Å²) in [4.78, 5) is 18.6. The Hall–Kier alpha value is -8.06. The third-order valence-electron chi connectivity index (χ3n) is 11.0. The van der Waals surface area contributed by atoms with Crippen LogP contribution in [0.25, 0.3) is 66.9 Å². The van der Waals surface area contributed by atoms with Gasteiger partial charge in [0.2, 0.25) is 0 Å². The molecule has 57 heavy (non-hydrogen) atoms. The number of nitrogens with zero attached hydrogens (tertiary/aromatic N) is 6. The predicted octanol–water partition coefficient (Wildman–Crippen LogP) is 11.2. The van der Waals surface area contributed by atoms with Crippen LogP contribution in [-0.2, 0) is 5.41 Å². The van der Waals surface area contributed by atoms with Gasteiger partial charge in [-0.3, -0.25) is 19.9 Å². The maximum absolute atomic E-state index is 9.48. The highest BCUT2D eigenvalue weighted by atomic mass is 14.8. The van der Waals surface area contributed by atoms with E-state index in [0.29, 0.717) is 33.9 Å². The van der Waals surface area contributed by atoms with Gasteiger partial charge in [0.1, 0.15) is 0 Å². The third kappa shape index (κ3) is 5.48. The fourth-order valence-corrected chi connectivity index (χ4v) is 8.46. The Morgan fingerprint density at radius 3 is 1.51 bits per heavy atom. The van der Waals surface area contributed by atoms with Gasteiger partial charge in [-0.15, -0.1) is 0 Å². The summed E-state index contributed by atoms with van der Waals surface area (Å²) >= 11 is 0. The second kappa shape index (κ2) is 13.7. The largest absolute Gasteiger partial charge is 0.255 e. The predicted molar refractivity (Wildman–Crippen MR) is 224 cm³/mol. The minimum absolute atomic E-state index is 0.546. The lowest BCUT2D eigenvalue weighted by Crippen LogP contribution is -2.28. The van der Waals surface area contributed by atoms with E-state index in [1.165, 1.54) is 38.8 Å². The minimum atomic E-state index is -0.661. The number of fused-ring (bicyclic) bond motifs is 5. The van der Waals surface area contributed by atoms with E-state index in [-0.39, 0.29) is 0 Å². The molecule has 10 rings (SSSR count). The zero-order valence-electron chi connectivity index (χ0n) is 30.5. The highest BCUT2D eigenvalue weighted by Gasteiger charge is 2.47. The molecule has 5 aromatic carbocycles. The minimum Gasteiger partial charge on any atom is -0.255 e. The van der Waals surface area contributed by atoms with E-state index >= 15 is 0 Å². The Morgan fingerprint density at radius 1 is 0.404 bits per heavy atom. The second-order valence-electron chi connectivity index (χ2n) is 14.1. The van der Waals surface area contributed by atoms with Gasteiger partial charge in [-0.25, -0.2) is 0 Å². The van der Waals surface area contributed by atoms with Gasteiger partial charge in [-0.05, 0) is 104 Å². The Morgan fingerprint density at radius 2 is 0.947 bits per heavy atom. The molecule has 0 bridgehead atoms. The number of hydrogen-bond acceptors (Lipinski definition) is 6. The van der Waals surface area contributed by atoms with Gasteiger partial charge < -0.3 is 0 Å². The molecular weight excluding hydrogens is 697 g/mol. The van der Waals surface area contributed by atoms with E-state index in [1.54, 1.807) is 36.7 Å². The van der Waals surface area contributed by atoms with Crippen LogP contribution < -0.4 is 0 Å². The smallest absolute Gasteiger partial charge is 0.0992 e. The first-order valence-electron chi connectivity index (χ1n) is 18.6. The van der Waals surface area contributed by atoms with Crippen molar-refractivity contribution in [2.24, 2.45) is 0 Å². The van der Waals surface area contributed by atoms with Crippen LogP contribution in [0.15, 0.2) is 183 Å². The summed E-state index contributed by atoms with van der Waals surface area (Å²) in [6.07, 6.45) is 7.10. The quantitative estimate of drug-likeness (QED) is 0.169. The maximum Gasteiger partial charge on any atom is 0.0992 e. The number of pyridine rings is 4. The van der Waals surface area contributed by atoms with Gasteiger partial charge in [-0.2, -0.15) is 10.5 Å². The molecule has 264 valence electrons. The van der Waals surface area contributed by atoms with Crippen molar-refractivity contribution in [1.82, 2.24) is 19.9 Å². The van der Waals surface area contributed by atoms with Gasteiger partial charge in [0.15, 0.2) is 0 Å². The van der Waals surface area contributed by atoms with E-state index in [4.69, 9.17) is 9.97 Å². The van der Waals surface area contributed by atoms with Crippen LogP contribution in [-0.4, -0.2) is 19.9 Å². The third-order valence-corrected chi connectivity index (χ3v) is 11.0. The zero-order valence-corrected chi connectivity index (χ0v) is 30.5. The van der Waals surface area contributed by atoms with Crippen LogP contribution >= 0.6 is 0 Å². The lowest BCUT2D eigenvalue weighted by atomic mass is 9.67. The van der Waals surface area contributed by atoms with Crippen LogP contribution in [0, 0.1) is 22.7 Å². The second-order valence-corrected chi connectivity index (χ2v) is 14.1. The normalized spacial score (nSPS) is 12.3. The number of rotatable bonds is 6. The Labute approximate surface area is 329 Å².